The number of anilines is 2. The minimum absolute atomic E-state index is 0.0139. The van der Waals surface area contributed by atoms with Gasteiger partial charge in [0.25, 0.3) is 0 Å². The van der Waals surface area contributed by atoms with Crippen molar-refractivity contribution < 1.29 is 14.4 Å². The number of carbonyl (C=O) groups is 3. The van der Waals surface area contributed by atoms with Gasteiger partial charge in [0, 0.05) is 64.5 Å². The fraction of sp³-hybridized carbons (Fsp3) is 0.550. The maximum Gasteiger partial charge on any atom is 0.242 e. The van der Waals surface area contributed by atoms with Gasteiger partial charge in [0.05, 0.1) is 0 Å². The third-order valence-corrected chi connectivity index (χ3v) is 5.04. The molecule has 0 bridgehead atoms. The second-order valence-corrected chi connectivity index (χ2v) is 6.68. The highest BCUT2D eigenvalue weighted by molar-refractivity contribution is 5.97. The predicted octanol–water partition coefficient (Wildman–Crippen LogP) is 1.58. The molecular weight excluding hydrogens is 344 g/mol. The summed E-state index contributed by atoms with van der Waals surface area (Å²) in [6.07, 6.45) is 0. The maximum atomic E-state index is 12.7. The number of hydrogen-bond donors (Lipinski definition) is 0. The molecule has 27 heavy (non-hydrogen) atoms. The molecule has 0 N–H and O–H groups in total. The number of nitrogens with zero attached hydrogens (tertiary/aromatic N) is 4. The first kappa shape index (κ1) is 20.7. The smallest absolute Gasteiger partial charge is 0.242 e. The van der Waals surface area contributed by atoms with E-state index in [1.54, 1.807) is 9.80 Å². The Kier molecular flexibility index (Phi) is 7.21. The van der Waals surface area contributed by atoms with Crippen molar-refractivity contribution in [3.05, 3.63) is 24.3 Å². The van der Waals surface area contributed by atoms with E-state index in [0.29, 0.717) is 31.9 Å². The molecule has 2 rings (SSSR count). The molecule has 0 unspecified atom stereocenters. The molecule has 0 aliphatic carbocycles. The van der Waals surface area contributed by atoms with E-state index in [1.807, 2.05) is 24.3 Å². The Balaban J connectivity index is 2.04. The van der Waals surface area contributed by atoms with Crippen LogP contribution in [-0.4, -0.2) is 73.3 Å². The fourth-order valence-corrected chi connectivity index (χ4v) is 3.32. The van der Waals surface area contributed by atoms with Crippen LogP contribution in [0.5, 0.6) is 0 Å². The van der Waals surface area contributed by atoms with Gasteiger partial charge in [0.1, 0.15) is 6.54 Å². The van der Waals surface area contributed by atoms with Crippen LogP contribution in [0.3, 0.4) is 0 Å². The molecule has 1 aromatic rings. The van der Waals surface area contributed by atoms with E-state index >= 15 is 0 Å². The Bertz CT molecular complexity index is 662. The zero-order chi connectivity index (χ0) is 20.0. The van der Waals surface area contributed by atoms with Crippen molar-refractivity contribution >= 4 is 29.1 Å². The van der Waals surface area contributed by atoms with Crippen molar-refractivity contribution in [1.82, 2.24) is 9.80 Å². The highest BCUT2D eigenvalue weighted by atomic mass is 16.2. The highest BCUT2D eigenvalue weighted by Gasteiger charge is 2.25. The summed E-state index contributed by atoms with van der Waals surface area (Å²) in [6.45, 7) is 11.1. The molecule has 1 aromatic carbocycles. The van der Waals surface area contributed by atoms with Crippen LogP contribution in [0.4, 0.5) is 11.4 Å². The molecule has 0 spiro atoms. The molecule has 1 aliphatic rings. The van der Waals surface area contributed by atoms with Gasteiger partial charge in [-0.1, -0.05) is 0 Å². The Morgan fingerprint density at radius 3 is 1.78 bits per heavy atom. The SMILES string of the molecule is CCN(CC)c1ccc(N(CC(=O)N2CCN(C(C)=O)CC2)C(C)=O)cc1. The third kappa shape index (κ3) is 5.21. The summed E-state index contributed by atoms with van der Waals surface area (Å²) < 4.78 is 0. The maximum absolute atomic E-state index is 12.7. The van der Waals surface area contributed by atoms with Gasteiger partial charge in [-0.05, 0) is 38.1 Å². The first-order valence-corrected chi connectivity index (χ1v) is 9.53. The molecule has 148 valence electrons. The molecule has 1 heterocycles. The van der Waals surface area contributed by atoms with Crippen LogP contribution in [0.2, 0.25) is 0 Å². The van der Waals surface area contributed by atoms with E-state index < -0.39 is 0 Å². The first-order chi connectivity index (χ1) is 12.9. The van der Waals surface area contributed by atoms with Gasteiger partial charge in [-0.15, -0.1) is 0 Å². The number of rotatable bonds is 6. The quantitative estimate of drug-likeness (QED) is 0.758. The lowest BCUT2D eigenvalue weighted by atomic mass is 10.2. The summed E-state index contributed by atoms with van der Waals surface area (Å²) in [7, 11) is 0. The van der Waals surface area contributed by atoms with Gasteiger partial charge in [-0.2, -0.15) is 0 Å². The van der Waals surface area contributed by atoms with Crippen molar-refractivity contribution in [3.63, 3.8) is 0 Å². The third-order valence-electron chi connectivity index (χ3n) is 5.04. The fourth-order valence-electron chi connectivity index (χ4n) is 3.32. The van der Waals surface area contributed by atoms with Crippen LogP contribution < -0.4 is 9.80 Å². The molecule has 0 atom stereocenters. The van der Waals surface area contributed by atoms with Crippen LogP contribution in [0.15, 0.2) is 24.3 Å². The summed E-state index contributed by atoms with van der Waals surface area (Å²) in [6, 6.07) is 7.73. The Morgan fingerprint density at radius 2 is 1.33 bits per heavy atom. The van der Waals surface area contributed by atoms with Gasteiger partial charge < -0.3 is 19.6 Å². The van der Waals surface area contributed by atoms with Gasteiger partial charge in [0.15, 0.2) is 0 Å². The van der Waals surface area contributed by atoms with Crippen LogP contribution >= 0.6 is 0 Å². The van der Waals surface area contributed by atoms with Crippen molar-refractivity contribution in [3.8, 4) is 0 Å². The molecule has 7 heteroatoms. The van der Waals surface area contributed by atoms with Gasteiger partial charge in [0.2, 0.25) is 17.7 Å². The van der Waals surface area contributed by atoms with Crippen molar-refractivity contribution in [2.24, 2.45) is 0 Å². The predicted molar refractivity (Wildman–Crippen MR) is 107 cm³/mol. The summed E-state index contributed by atoms with van der Waals surface area (Å²) in [5, 5.41) is 0. The number of carbonyl (C=O) groups excluding carboxylic acids is 3. The van der Waals surface area contributed by atoms with E-state index in [9.17, 15) is 14.4 Å². The Hall–Kier alpha value is -2.57. The lowest BCUT2D eigenvalue weighted by molar-refractivity contribution is -0.137. The molecule has 3 amide bonds. The lowest BCUT2D eigenvalue weighted by Crippen LogP contribution is -2.52. The van der Waals surface area contributed by atoms with E-state index in [1.165, 1.54) is 18.7 Å². The topological polar surface area (TPSA) is 64.2 Å². The zero-order valence-corrected chi connectivity index (χ0v) is 16.8. The Morgan fingerprint density at radius 1 is 0.852 bits per heavy atom. The first-order valence-electron chi connectivity index (χ1n) is 9.53. The van der Waals surface area contributed by atoms with Gasteiger partial charge >= 0.3 is 0 Å². The summed E-state index contributed by atoms with van der Waals surface area (Å²) in [5.74, 6) is -0.233. The van der Waals surface area contributed by atoms with Crippen molar-refractivity contribution in [2.75, 3.05) is 55.6 Å². The second kappa shape index (κ2) is 9.39. The van der Waals surface area contributed by atoms with E-state index in [4.69, 9.17) is 0 Å². The van der Waals surface area contributed by atoms with E-state index in [0.717, 1.165) is 18.8 Å². The Labute approximate surface area is 161 Å². The standard InChI is InChI=1S/C20H30N4O3/c1-5-21(6-2)18-7-9-19(10-8-18)24(17(4)26)15-20(27)23-13-11-22(12-14-23)16(3)25/h7-10H,5-6,11-15H2,1-4H3. The normalized spacial score (nSPS) is 14.1. The average molecular weight is 374 g/mol. The summed E-state index contributed by atoms with van der Waals surface area (Å²) in [4.78, 5) is 43.4. The minimum Gasteiger partial charge on any atom is -0.372 e. The monoisotopic (exact) mass is 374 g/mol. The number of amides is 3. The molecule has 1 fully saturated rings. The molecule has 1 aliphatic heterocycles. The van der Waals surface area contributed by atoms with E-state index in [-0.39, 0.29) is 24.3 Å². The van der Waals surface area contributed by atoms with Crippen molar-refractivity contribution in [2.45, 2.75) is 27.7 Å². The molecule has 0 aromatic heterocycles. The molecule has 1 saturated heterocycles. The second-order valence-electron chi connectivity index (χ2n) is 6.68. The van der Waals surface area contributed by atoms with Crippen LogP contribution in [-0.2, 0) is 14.4 Å². The van der Waals surface area contributed by atoms with Gasteiger partial charge in [-0.3, -0.25) is 14.4 Å². The zero-order valence-electron chi connectivity index (χ0n) is 16.8. The number of piperazine rings is 1. The highest BCUT2D eigenvalue weighted by Crippen LogP contribution is 2.21. The minimum atomic E-state index is -0.165. The number of benzene rings is 1. The largest absolute Gasteiger partial charge is 0.372 e. The summed E-state index contributed by atoms with van der Waals surface area (Å²) in [5.41, 5.74) is 1.81. The van der Waals surface area contributed by atoms with E-state index in [2.05, 4.69) is 18.7 Å². The average Bonchev–Trinajstić information content (AvgIpc) is 2.67. The van der Waals surface area contributed by atoms with Crippen LogP contribution in [0.1, 0.15) is 27.7 Å². The lowest BCUT2D eigenvalue weighted by Gasteiger charge is -2.35. The summed E-state index contributed by atoms with van der Waals surface area (Å²) >= 11 is 0. The molecular formula is C20H30N4O3. The van der Waals surface area contributed by atoms with Crippen LogP contribution in [0, 0.1) is 0 Å². The molecule has 0 radical (unpaired) electrons. The molecule has 0 saturated carbocycles. The van der Waals surface area contributed by atoms with Crippen LogP contribution in [0.25, 0.3) is 0 Å². The van der Waals surface area contributed by atoms with Gasteiger partial charge in [-0.25, -0.2) is 0 Å². The van der Waals surface area contributed by atoms with Crippen molar-refractivity contribution in [1.29, 1.82) is 0 Å². The number of hydrogen-bond acceptors (Lipinski definition) is 4. The molecule has 7 nitrogen and oxygen atoms in total.